The summed E-state index contributed by atoms with van der Waals surface area (Å²) in [4.78, 5) is 23.5. The number of esters is 1. The van der Waals surface area contributed by atoms with E-state index in [-0.39, 0.29) is 11.3 Å². The Labute approximate surface area is 145 Å². The Kier molecular flexibility index (Phi) is 5.81. The summed E-state index contributed by atoms with van der Waals surface area (Å²) >= 11 is 0. The molecule has 0 aliphatic rings. The molecule has 0 unspecified atom stereocenters. The minimum absolute atomic E-state index is 0.0645. The zero-order valence-corrected chi connectivity index (χ0v) is 13.4. The molecule has 2 rings (SSSR count). The molecule has 0 atom stereocenters. The summed E-state index contributed by atoms with van der Waals surface area (Å²) in [5, 5.41) is 2.24. The Morgan fingerprint density at radius 1 is 1.08 bits per heavy atom. The van der Waals surface area contributed by atoms with E-state index in [4.69, 9.17) is 4.74 Å². The molecule has 0 saturated heterocycles. The quantitative estimate of drug-likeness (QED) is 0.641. The summed E-state index contributed by atoms with van der Waals surface area (Å²) in [5.74, 6) is -2.83. The minimum Gasteiger partial charge on any atom is -0.452 e. The average molecular weight is 371 g/mol. The molecule has 2 aromatic carbocycles. The first-order valence-electron chi connectivity index (χ1n) is 7.23. The van der Waals surface area contributed by atoms with Gasteiger partial charge in [-0.15, -0.1) is 13.2 Å². The number of halogens is 4. The van der Waals surface area contributed by atoms with Crippen LogP contribution in [0.15, 0.2) is 42.5 Å². The van der Waals surface area contributed by atoms with Gasteiger partial charge in [-0.3, -0.25) is 4.79 Å². The standard InChI is InChI=1S/C17H13F4NO4/c1-10-2-7-14(13(18)8-10)22-15(23)9-25-16(24)11-3-5-12(6-4-11)26-17(19,20)21/h2-8H,9H2,1H3,(H,22,23). The lowest BCUT2D eigenvalue weighted by molar-refractivity contribution is -0.274. The molecule has 9 heteroatoms. The molecule has 1 N–H and O–H groups in total. The molecule has 0 spiro atoms. The number of nitrogens with one attached hydrogen (secondary N) is 1. The number of hydrogen-bond donors (Lipinski definition) is 1. The lowest BCUT2D eigenvalue weighted by Crippen LogP contribution is -2.21. The molecule has 0 aliphatic heterocycles. The Morgan fingerprint density at radius 3 is 2.31 bits per heavy atom. The van der Waals surface area contributed by atoms with E-state index in [0.717, 1.165) is 24.3 Å². The highest BCUT2D eigenvalue weighted by Crippen LogP contribution is 2.23. The van der Waals surface area contributed by atoms with Crippen LogP contribution in [0.1, 0.15) is 15.9 Å². The first kappa shape index (κ1) is 19.2. The summed E-state index contributed by atoms with van der Waals surface area (Å²) in [6.07, 6.45) is -4.84. The second kappa shape index (κ2) is 7.85. The van der Waals surface area contributed by atoms with Crippen LogP contribution in [0.5, 0.6) is 5.75 Å². The molecular formula is C17H13F4NO4. The highest BCUT2D eigenvalue weighted by molar-refractivity contribution is 5.95. The van der Waals surface area contributed by atoms with E-state index in [1.54, 1.807) is 13.0 Å². The maximum atomic E-state index is 13.6. The van der Waals surface area contributed by atoms with Crippen LogP contribution >= 0.6 is 0 Å². The zero-order chi connectivity index (χ0) is 19.3. The van der Waals surface area contributed by atoms with Crippen molar-refractivity contribution in [2.45, 2.75) is 13.3 Å². The van der Waals surface area contributed by atoms with Crippen molar-refractivity contribution in [3.63, 3.8) is 0 Å². The largest absolute Gasteiger partial charge is 0.573 e. The number of benzene rings is 2. The van der Waals surface area contributed by atoms with Crippen molar-refractivity contribution in [1.82, 2.24) is 0 Å². The van der Waals surface area contributed by atoms with Crippen LogP contribution in [-0.4, -0.2) is 24.8 Å². The molecule has 2 aromatic rings. The SMILES string of the molecule is Cc1ccc(NC(=O)COC(=O)c2ccc(OC(F)(F)F)cc2)c(F)c1. The zero-order valence-electron chi connectivity index (χ0n) is 13.4. The van der Waals surface area contributed by atoms with Crippen molar-refractivity contribution >= 4 is 17.6 Å². The van der Waals surface area contributed by atoms with E-state index in [9.17, 15) is 27.2 Å². The van der Waals surface area contributed by atoms with E-state index in [0.29, 0.717) is 5.56 Å². The van der Waals surface area contributed by atoms with Gasteiger partial charge >= 0.3 is 12.3 Å². The molecular weight excluding hydrogens is 358 g/mol. The van der Waals surface area contributed by atoms with Crippen molar-refractivity contribution in [1.29, 1.82) is 0 Å². The average Bonchev–Trinajstić information content (AvgIpc) is 2.54. The fraction of sp³-hybridized carbons (Fsp3) is 0.176. The Balaban J connectivity index is 1.88. The van der Waals surface area contributed by atoms with Crippen LogP contribution in [0, 0.1) is 12.7 Å². The number of amides is 1. The number of anilines is 1. The van der Waals surface area contributed by atoms with Gasteiger partial charge in [0, 0.05) is 0 Å². The van der Waals surface area contributed by atoms with Crippen molar-refractivity contribution in [2.75, 3.05) is 11.9 Å². The van der Waals surface area contributed by atoms with Crippen molar-refractivity contribution in [3.8, 4) is 5.75 Å². The maximum Gasteiger partial charge on any atom is 0.573 e. The van der Waals surface area contributed by atoms with Gasteiger partial charge in [-0.2, -0.15) is 0 Å². The van der Waals surface area contributed by atoms with Crippen LogP contribution in [0.25, 0.3) is 0 Å². The number of carbonyl (C=O) groups is 2. The molecule has 0 aromatic heterocycles. The molecule has 5 nitrogen and oxygen atoms in total. The number of carbonyl (C=O) groups excluding carboxylic acids is 2. The van der Waals surface area contributed by atoms with Crippen LogP contribution in [0.2, 0.25) is 0 Å². The molecule has 0 fully saturated rings. The van der Waals surface area contributed by atoms with Crippen LogP contribution in [-0.2, 0) is 9.53 Å². The van der Waals surface area contributed by atoms with Gasteiger partial charge in [-0.05, 0) is 48.9 Å². The van der Waals surface area contributed by atoms with Crippen LogP contribution < -0.4 is 10.1 Å². The lowest BCUT2D eigenvalue weighted by Gasteiger charge is -2.10. The number of alkyl halides is 3. The summed E-state index contributed by atoms with van der Waals surface area (Å²) in [7, 11) is 0. The highest BCUT2D eigenvalue weighted by atomic mass is 19.4. The van der Waals surface area contributed by atoms with Gasteiger partial charge in [0.25, 0.3) is 5.91 Å². The van der Waals surface area contributed by atoms with Gasteiger partial charge in [0.1, 0.15) is 11.6 Å². The topological polar surface area (TPSA) is 64.6 Å². The normalized spacial score (nSPS) is 11.0. The Bertz CT molecular complexity index is 803. The van der Waals surface area contributed by atoms with E-state index < -0.39 is 36.4 Å². The smallest absolute Gasteiger partial charge is 0.452 e. The summed E-state index contributed by atoms with van der Waals surface area (Å²) in [6, 6.07) is 8.17. The van der Waals surface area contributed by atoms with E-state index in [2.05, 4.69) is 10.1 Å². The van der Waals surface area contributed by atoms with Gasteiger partial charge in [-0.1, -0.05) is 6.07 Å². The van der Waals surface area contributed by atoms with Crippen LogP contribution in [0.3, 0.4) is 0 Å². The molecule has 26 heavy (non-hydrogen) atoms. The molecule has 0 saturated carbocycles. The third kappa shape index (κ3) is 5.76. The maximum absolute atomic E-state index is 13.6. The monoisotopic (exact) mass is 371 g/mol. The second-order valence-electron chi connectivity index (χ2n) is 5.18. The molecule has 1 amide bonds. The van der Waals surface area contributed by atoms with E-state index >= 15 is 0 Å². The minimum atomic E-state index is -4.84. The fourth-order valence-electron chi connectivity index (χ4n) is 1.91. The van der Waals surface area contributed by atoms with Gasteiger partial charge in [0.05, 0.1) is 11.3 Å². The van der Waals surface area contributed by atoms with Crippen LogP contribution in [0.4, 0.5) is 23.2 Å². The second-order valence-corrected chi connectivity index (χ2v) is 5.18. The number of aryl methyl sites for hydroxylation is 1. The Morgan fingerprint density at radius 2 is 1.73 bits per heavy atom. The molecule has 0 radical (unpaired) electrons. The number of ether oxygens (including phenoxy) is 2. The molecule has 0 bridgehead atoms. The summed E-state index contributed by atoms with van der Waals surface area (Å²) in [6.45, 7) is 0.994. The predicted octanol–water partition coefficient (Wildman–Crippen LogP) is 3.83. The fourth-order valence-corrected chi connectivity index (χ4v) is 1.91. The van der Waals surface area contributed by atoms with Crippen molar-refractivity contribution in [3.05, 3.63) is 59.4 Å². The van der Waals surface area contributed by atoms with Gasteiger partial charge < -0.3 is 14.8 Å². The Hall–Kier alpha value is -3.10. The number of rotatable bonds is 5. The van der Waals surface area contributed by atoms with E-state index in [1.807, 2.05) is 0 Å². The molecule has 0 heterocycles. The first-order chi connectivity index (χ1) is 12.1. The van der Waals surface area contributed by atoms with Gasteiger partial charge in [-0.25, -0.2) is 9.18 Å². The van der Waals surface area contributed by atoms with E-state index in [1.165, 1.54) is 12.1 Å². The molecule has 138 valence electrons. The third-order valence-corrected chi connectivity index (χ3v) is 3.06. The van der Waals surface area contributed by atoms with Crippen molar-refractivity contribution in [2.24, 2.45) is 0 Å². The van der Waals surface area contributed by atoms with Gasteiger partial charge in [0.15, 0.2) is 6.61 Å². The first-order valence-corrected chi connectivity index (χ1v) is 7.23. The van der Waals surface area contributed by atoms with Gasteiger partial charge in [0.2, 0.25) is 0 Å². The summed E-state index contributed by atoms with van der Waals surface area (Å²) < 4.78 is 58.2. The highest BCUT2D eigenvalue weighted by Gasteiger charge is 2.31. The predicted molar refractivity (Wildman–Crippen MR) is 83.2 cm³/mol. The number of hydrogen-bond acceptors (Lipinski definition) is 4. The molecule has 0 aliphatic carbocycles. The van der Waals surface area contributed by atoms with Crippen molar-refractivity contribution < 1.29 is 36.6 Å². The lowest BCUT2D eigenvalue weighted by atomic mass is 10.2. The third-order valence-electron chi connectivity index (χ3n) is 3.06. The summed E-state index contributed by atoms with van der Waals surface area (Å²) in [5.41, 5.74) is 0.531.